The SMILES string of the molecule is CC(C)(C)OC(=O)N1CC[C@@H](S(=O)(=O)c2ncc(Cl)cn2)C1. The molecule has 0 radical (unpaired) electrons. The Morgan fingerprint density at radius 1 is 1.36 bits per heavy atom. The maximum absolute atomic E-state index is 12.5. The van der Waals surface area contributed by atoms with Crippen molar-refractivity contribution in [3.63, 3.8) is 0 Å². The van der Waals surface area contributed by atoms with Crippen LogP contribution in [0, 0.1) is 0 Å². The molecule has 0 aliphatic carbocycles. The molecule has 1 aliphatic heterocycles. The minimum atomic E-state index is -3.70. The second-order valence-electron chi connectivity index (χ2n) is 6.07. The zero-order valence-electron chi connectivity index (χ0n) is 12.6. The van der Waals surface area contributed by atoms with Crippen LogP contribution in [-0.4, -0.2) is 53.3 Å². The molecule has 1 aliphatic rings. The third-order valence-corrected chi connectivity index (χ3v) is 5.26. The van der Waals surface area contributed by atoms with Crippen LogP contribution in [0.2, 0.25) is 5.02 Å². The maximum Gasteiger partial charge on any atom is 0.410 e. The summed E-state index contributed by atoms with van der Waals surface area (Å²) in [7, 11) is -3.70. The molecular weight excluding hydrogens is 330 g/mol. The Hall–Kier alpha value is -1.41. The van der Waals surface area contributed by atoms with Gasteiger partial charge in [0.05, 0.1) is 22.7 Å². The van der Waals surface area contributed by atoms with Crippen molar-refractivity contribution in [3.05, 3.63) is 17.4 Å². The van der Waals surface area contributed by atoms with E-state index in [1.54, 1.807) is 20.8 Å². The fourth-order valence-corrected chi connectivity index (χ4v) is 3.66. The fourth-order valence-electron chi connectivity index (χ4n) is 2.07. The molecule has 2 rings (SSSR count). The molecule has 0 N–H and O–H groups in total. The number of carbonyl (C=O) groups is 1. The molecule has 1 aromatic rings. The Morgan fingerprint density at radius 3 is 2.50 bits per heavy atom. The van der Waals surface area contributed by atoms with Crippen LogP contribution in [0.5, 0.6) is 0 Å². The number of hydrogen-bond acceptors (Lipinski definition) is 6. The number of aromatic nitrogens is 2. The highest BCUT2D eigenvalue weighted by Crippen LogP contribution is 2.23. The molecule has 1 atom stereocenters. The minimum Gasteiger partial charge on any atom is -0.444 e. The van der Waals surface area contributed by atoms with Gasteiger partial charge in [-0.15, -0.1) is 0 Å². The zero-order valence-corrected chi connectivity index (χ0v) is 14.2. The highest BCUT2D eigenvalue weighted by atomic mass is 35.5. The summed E-state index contributed by atoms with van der Waals surface area (Å²) in [5.41, 5.74) is -0.618. The molecule has 0 saturated carbocycles. The maximum atomic E-state index is 12.5. The van der Waals surface area contributed by atoms with Crippen LogP contribution < -0.4 is 0 Å². The molecule has 0 spiro atoms. The largest absolute Gasteiger partial charge is 0.444 e. The van der Waals surface area contributed by atoms with Gasteiger partial charge in [-0.1, -0.05) is 11.6 Å². The lowest BCUT2D eigenvalue weighted by Crippen LogP contribution is -2.36. The van der Waals surface area contributed by atoms with E-state index in [1.807, 2.05) is 0 Å². The first-order valence-electron chi connectivity index (χ1n) is 6.79. The molecule has 0 bridgehead atoms. The van der Waals surface area contributed by atoms with Gasteiger partial charge in [0.2, 0.25) is 15.0 Å². The van der Waals surface area contributed by atoms with Crippen LogP contribution in [0.25, 0.3) is 0 Å². The van der Waals surface area contributed by atoms with E-state index in [-0.39, 0.29) is 16.7 Å². The first kappa shape index (κ1) is 17.0. The van der Waals surface area contributed by atoms with E-state index in [0.717, 1.165) is 0 Å². The molecule has 2 heterocycles. The first-order valence-corrected chi connectivity index (χ1v) is 8.71. The van der Waals surface area contributed by atoms with Crippen molar-refractivity contribution in [3.8, 4) is 0 Å². The molecule has 22 heavy (non-hydrogen) atoms. The van der Waals surface area contributed by atoms with Crippen LogP contribution in [0.4, 0.5) is 4.79 Å². The van der Waals surface area contributed by atoms with Crippen LogP contribution in [0.15, 0.2) is 17.6 Å². The lowest BCUT2D eigenvalue weighted by molar-refractivity contribution is 0.0295. The van der Waals surface area contributed by atoms with E-state index in [1.165, 1.54) is 17.3 Å². The zero-order chi connectivity index (χ0) is 16.5. The van der Waals surface area contributed by atoms with Crippen molar-refractivity contribution < 1.29 is 17.9 Å². The molecular formula is C13H18ClN3O4S. The highest BCUT2D eigenvalue weighted by molar-refractivity contribution is 7.91. The molecule has 122 valence electrons. The van der Waals surface area contributed by atoms with Crippen molar-refractivity contribution in [1.82, 2.24) is 14.9 Å². The number of likely N-dealkylation sites (tertiary alicyclic amines) is 1. The third-order valence-electron chi connectivity index (χ3n) is 3.09. The van der Waals surface area contributed by atoms with E-state index >= 15 is 0 Å². The van der Waals surface area contributed by atoms with Gasteiger partial charge in [-0.05, 0) is 27.2 Å². The Morgan fingerprint density at radius 2 is 1.95 bits per heavy atom. The Bertz CT molecular complexity index is 655. The van der Waals surface area contributed by atoms with Gasteiger partial charge in [-0.3, -0.25) is 0 Å². The van der Waals surface area contributed by atoms with Crippen molar-refractivity contribution in [2.24, 2.45) is 0 Å². The molecule has 1 fully saturated rings. The lowest BCUT2D eigenvalue weighted by atomic mass is 10.2. The Labute approximate surface area is 134 Å². The average Bonchev–Trinajstić information content (AvgIpc) is 2.87. The second-order valence-corrected chi connectivity index (χ2v) is 8.62. The first-order chi connectivity index (χ1) is 10.1. The number of ether oxygens (including phenoxy) is 1. The summed E-state index contributed by atoms with van der Waals surface area (Å²) in [4.78, 5) is 20.9. The van der Waals surface area contributed by atoms with Crippen LogP contribution in [0.3, 0.4) is 0 Å². The van der Waals surface area contributed by atoms with Gasteiger partial charge in [0, 0.05) is 13.1 Å². The van der Waals surface area contributed by atoms with Gasteiger partial charge in [0.1, 0.15) is 5.60 Å². The van der Waals surface area contributed by atoms with Crippen molar-refractivity contribution in [2.75, 3.05) is 13.1 Å². The predicted octanol–water partition coefficient (Wildman–Crippen LogP) is 1.91. The van der Waals surface area contributed by atoms with Crippen LogP contribution >= 0.6 is 11.6 Å². The van der Waals surface area contributed by atoms with Gasteiger partial charge >= 0.3 is 6.09 Å². The van der Waals surface area contributed by atoms with Gasteiger partial charge in [-0.2, -0.15) is 0 Å². The average molecular weight is 348 g/mol. The second kappa shape index (κ2) is 6.00. The Balaban J connectivity index is 2.09. The normalized spacial score (nSPS) is 19.3. The molecule has 7 nitrogen and oxygen atoms in total. The quantitative estimate of drug-likeness (QED) is 0.759. The minimum absolute atomic E-state index is 0.0727. The van der Waals surface area contributed by atoms with Crippen molar-refractivity contribution in [1.29, 1.82) is 0 Å². The summed E-state index contributed by atoms with van der Waals surface area (Å²) in [6, 6.07) is 0. The highest BCUT2D eigenvalue weighted by Gasteiger charge is 2.39. The standard InChI is InChI=1S/C13H18ClN3O4S/c1-13(2,3)21-12(18)17-5-4-10(8-17)22(19,20)11-15-6-9(14)7-16-11/h6-7,10H,4-5,8H2,1-3H3/t10-/m1/s1. The summed E-state index contributed by atoms with van der Waals surface area (Å²) in [6.45, 7) is 5.68. The number of rotatable bonds is 2. The summed E-state index contributed by atoms with van der Waals surface area (Å²) >= 11 is 5.66. The number of halogens is 1. The van der Waals surface area contributed by atoms with Crippen LogP contribution in [0.1, 0.15) is 27.2 Å². The van der Waals surface area contributed by atoms with E-state index in [0.29, 0.717) is 13.0 Å². The summed E-state index contributed by atoms with van der Waals surface area (Å²) in [6.07, 6.45) is 2.29. The molecule has 9 heteroatoms. The number of sulfone groups is 1. The number of nitrogens with zero attached hydrogens (tertiary/aromatic N) is 3. The number of hydrogen-bond donors (Lipinski definition) is 0. The van der Waals surface area contributed by atoms with E-state index in [4.69, 9.17) is 16.3 Å². The Kier molecular flexibility index (Phi) is 4.62. The van der Waals surface area contributed by atoms with Gasteiger partial charge in [0.25, 0.3) is 0 Å². The molecule has 1 saturated heterocycles. The van der Waals surface area contributed by atoms with Gasteiger partial charge in [0.15, 0.2) is 0 Å². The van der Waals surface area contributed by atoms with Gasteiger partial charge in [-0.25, -0.2) is 23.2 Å². The third kappa shape index (κ3) is 3.86. The lowest BCUT2D eigenvalue weighted by Gasteiger charge is -2.24. The fraction of sp³-hybridized carbons (Fsp3) is 0.615. The molecule has 1 aromatic heterocycles. The predicted molar refractivity (Wildman–Crippen MR) is 80.4 cm³/mol. The summed E-state index contributed by atoms with van der Waals surface area (Å²) < 4.78 is 30.2. The van der Waals surface area contributed by atoms with E-state index in [2.05, 4.69) is 9.97 Å². The number of amides is 1. The topological polar surface area (TPSA) is 89.5 Å². The molecule has 0 unspecified atom stereocenters. The van der Waals surface area contributed by atoms with Gasteiger partial charge < -0.3 is 9.64 Å². The van der Waals surface area contributed by atoms with Crippen molar-refractivity contribution >= 4 is 27.5 Å². The monoisotopic (exact) mass is 347 g/mol. The molecule has 0 aromatic carbocycles. The number of carbonyl (C=O) groups excluding carboxylic acids is 1. The van der Waals surface area contributed by atoms with E-state index < -0.39 is 26.8 Å². The molecule has 1 amide bonds. The van der Waals surface area contributed by atoms with Crippen LogP contribution in [-0.2, 0) is 14.6 Å². The summed E-state index contributed by atoms with van der Waals surface area (Å²) in [5.74, 6) is 0. The van der Waals surface area contributed by atoms with E-state index in [9.17, 15) is 13.2 Å². The smallest absolute Gasteiger partial charge is 0.410 e. The van der Waals surface area contributed by atoms with Crippen molar-refractivity contribution in [2.45, 2.75) is 43.2 Å². The summed E-state index contributed by atoms with van der Waals surface area (Å²) in [5, 5.41) is -0.741.